The lowest BCUT2D eigenvalue weighted by Gasteiger charge is -2.03. The summed E-state index contributed by atoms with van der Waals surface area (Å²) in [6.45, 7) is 2.03. The highest BCUT2D eigenvalue weighted by Crippen LogP contribution is 2.20. The zero-order valence-electron chi connectivity index (χ0n) is 8.20. The van der Waals surface area contributed by atoms with Gasteiger partial charge in [-0.05, 0) is 30.2 Å². The van der Waals surface area contributed by atoms with Crippen LogP contribution < -0.4 is 5.73 Å². The number of benzene rings is 1. The minimum Gasteiger partial charge on any atom is -0.374 e. The van der Waals surface area contributed by atoms with Crippen LogP contribution in [-0.4, -0.2) is 10.2 Å². The van der Waals surface area contributed by atoms with Gasteiger partial charge in [0.05, 0.1) is 0 Å². The summed E-state index contributed by atoms with van der Waals surface area (Å²) < 4.78 is 0. The van der Waals surface area contributed by atoms with Gasteiger partial charge in [0.2, 0.25) is 5.13 Å². The van der Waals surface area contributed by atoms with Crippen molar-refractivity contribution in [3.05, 3.63) is 39.4 Å². The molecule has 0 saturated heterocycles. The van der Waals surface area contributed by atoms with E-state index in [0.29, 0.717) is 5.13 Å². The highest BCUT2D eigenvalue weighted by molar-refractivity contribution is 7.15. The van der Waals surface area contributed by atoms with Gasteiger partial charge in [-0.3, -0.25) is 0 Å². The number of rotatable bonds is 2. The van der Waals surface area contributed by atoms with Gasteiger partial charge >= 0.3 is 0 Å². The van der Waals surface area contributed by atoms with Crippen molar-refractivity contribution < 1.29 is 0 Å². The molecule has 0 bridgehead atoms. The van der Waals surface area contributed by atoms with Gasteiger partial charge in [0, 0.05) is 11.4 Å². The summed E-state index contributed by atoms with van der Waals surface area (Å²) in [6, 6.07) is 5.84. The Labute approximate surface area is 96.9 Å². The van der Waals surface area contributed by atoms with Crippen molar-refractivity contribution in [2.24, 2.45) is 0 Å². The Balaban J connectivity index is 2.24. The normalized spacial score (nSPS) is 10.5. The second-order valence-corrected chi connectivity index (χ2v) is 4.81. The third kappa shape index (κ3) is 2.46. The maximum Gasteiger partial charge on any atom is 0.203 e. The fourth-order valence-corrected chi connectivity index (χ4v) is 2.22. The molecule has 2 aromatic rings. The molecule has 78 valence electrons. The maximum atomic E-state index is 5.88. The van der Waals surface area contributed by atoms with Crippen molar-refractivity contribution in [3.8, 4) is 0 Å². The summed E-state index contributed by atoms with van der Waals surface area (Å²) in [6.07, 6.45) is 0.762. The fraction of sp³-hybridized carbons (Fsp3) is 0.200. The number of hydrogen-bond acceptors (Lipinski definition) is 4. The van der Waals surface area contributed by atoms with Crippen molar-refractivity contribution in [2.75, 3.05) is 5.73 Å². The van der Waals surface area contributed by atoms with E-state index in [1.54, 1.807) is 0 Å². The quantitative estimate of drug-likeness (QED) is 0.877. The van der Waals surface area contributed by atoms with Crippen molar-refractivity contribution in [3.63, 3.8) is 0 Å². The second-order valence-electron chi connectivity index (χ2n) is 3.28. The number of nitrogens with zero attached hydrogens (tertiary/aromatic N) is 2. The van der Waals surface area contributed by atoms with E-state index in [1.807, 2.05) is 25.1 Å². The van der Waals surface area contributed by atoms with Crippen LogP contribution in [0.1, 0.15) is 16.1 Å². The number of halogens is 1. The zero-order valence-corrected chi connectivity index (χ0v) is 9.77. The molecule has 1 aromatic carbocycles. The zero-order chi connectivity index (χ0) is 10.8. The molecular weight excluding hydrogens is 230 g/mol. The molecule has 0 fully saturated rings. The van der Waals surface area contributed by atoms with E-state index < -0.39 is 0 Å². The lowest BCUT2D eigenvalue weighted by atomic mass is 10.1. The van der Waals surface area contributed by atoms with Crippen LogP contribution in [0, 0.1) is 6.92 Å². The van der Waals surface area contributed by atoms with Gasteiger partial charge in [0.15, 0.2) is 0 Å². The average Bonchev–Trinajstić information content (AvgIpc) is 2.56. The molecule has 0 aliphatic heterocycles. The smallest absolute Gasteiger partial charge is 0.203 e. The number of hydrogen-bond donors (Lipinski definition) is 1. The molecule has 0 unspecified atom stereocenters. The Morgan fingerprint density at radius 3 is 2.80 bits per heavy atom. The predicted octanol–water partition coefficient (Wildman–Crippen LogP) is 2.67. The van der Waals surface area contributed by atoms with E-state index in [4.69, 9.17) is 17.3 Å². The summed E-state index contributed by atoms with van der Waals surface area (Å²) in [5.41, 5.74) is 7.89. The first-order valence-corrected chi connectivity index (χ1v) is 5.67. The molecule has 0 spiro atoms. The molecular formula is C10H10ClN3S. The third-order valence-electron chi connectivity index (χ3n) is 2.13. The molecule has 5 heteroatoms. The summed E-state index contributed by atoms with van der Waals surface area (Å²) in [4.78, 5) is 0. The molecule has 0 amide bonds. The lowest BCUT2D eigenvalue weighted by Crippen LogP contribution is -1.91. The maximum absolute atomic E-state index is 5.88. The number of aromatic nitrogens is 2. The van der Waals surface area contributed by atoms with Crippen LogP contribution in [-0.2, 0) is 6.42 Å². The molecule has 3 nitrogen and oxygen atoms in total. The highest BCUT2D eigenvalue weighted by Gasteiger charge is 2.05. The van der Waals surface area contributed by atoms with E-state index in [1.165, 1.54) is 16.9 Å². The van der Waals surface area contributed by atoms with E-state index in [-0.39, 0.29) is 0 Å². The first kappa shape index (κ1) is 10.4. The Bertz CT molecular complexity index is 481. The van der Waals surface area contributed by atoms with Gasteiger partial charge < -0.3 is 5.73 Å². The van der Waals surface area contributed by atoms with Crippen LogP contribution in [0.25, 0.3) is 0 Å². The fourth-order valence-electron chi connectivity index (χ4n) is 1.36. The van der Waals surface area contributed by atoms with Gasteiger partial charge in [-0.25, -0.2) is 0 Å². The first-order chi connectivity index (χ1) is 7.15. The average molecular weight is 240 g/mol. The number of anilines is 1. The molecule has 0 atom stereocenters. The minimum absolute atomic E-state index is 0.511. The Morgan fingerprint density at radius 1 is 1.40 bits per heavy atom. The minimum atomic E-state index is 0.511. The molecule has 15 heavy (non-hydrogen) atoms. The standard InChI is InChI=1S/C10H10ClN3S/c1-6-4-8(11)3-2-7(6)5-9-13-14-10(12)15-9/h2-4H,5H2,1H3,(H2,12,14). The van der Waals surface area contributed by atoms with Crippen molar-refractivity contribution in [1.29, 1.82) is 0 Å². The van der Waals surface area contributed by atoms with Gasteiger partial charge in [-0.15, -0.1) is 10.2 Å². The van der Waals surface area contributed by atoms with Crippen LogP contribution >= 0.6 is 22.9 Å². The number of nitrogen functional groups attached to an aromatic ring is 1. The third-order valence-corrected chi connectivity index (χ3v) is 3.12. The van der Waals surface area contributed by atoms with E-state index in [2.05, 4.69) is 10.2 Å². The monoisotopic (exact) mass is 239 g/mol. The molecule has 1 heterocycles. The van der Waals surface area contributed by atoms with Crippen LogP contribution in [0.3, 0.4) is 0 Å². The summed E-state index contributed by atoms with van der Waals surface area (Å²) in [5, 5.41) is 9.96. The van der Waals surface area contributed by atoms with Gasteiger partial charge in [0.25, 0.3) is 0 Å². The largest absolute Gasteiger partial charge is 0.374 e. The summed E-state index contributed by atoms with van der Waals surface area (Å²) in [5.74, 6) is 0. The Hall–Kier alpha value is -1.13. The van der Waals surface area contributed by atoms with Crippen molar-refractivity contribution >= 4 is 28.1 Å². The van der Waals surface area contributed by atoms with Gasteiger partial charge in [-0.2, -0.15) is 0 Å². The molecule has 0 radical (unpaired) electrons. The van der Waals surface area contributed by atoms with E-state index in [9.17, 15) is 0 Å². The van der Waals surface area contributed by atoms with Crippen LogP contribution in [0.15, 0.2) is 18.2 Å². The van der Waals surface area contributed by atoms with Crippen LogP contribution in [0.2, 0.25) is 5.02 Å². The topological polar surface area (TPSA) is 51.8 Å². The predicted molar refractivity (Wildman–Crippen MR) is 63.3 cm³/mol. The van der Waals surface area contributed by atoms with E-state index >= 15 is 0 Å². The Morgan fingerprint density at radius 2 is 2.20 bits per heavy atom. The molecule has 0 aliphatic carbocycles. The second kappa shape index (κ2) is 4.16. The van der Waals surface area contributed by atoms with Crippen LogP contribution in [0.5, 0.6) is 0 Å². The van der Waals surface area contributed by atoms with Gasteiger partial charge in [0.1, 0.15) is 5.01 Å². The van der Waals surface area contributed by atoms with Crippen LogP contribution in [0.4, 0.5) is 5.13 Å². The summed E-state index contributed by atoms with van der Waals surface area (Å²) in [7, 11) is 0. The number of nitrogens with two attached hydrogens (primary N) is 1. The van der Waals surface area contributed by atoms with Crippen molar-refractivity contribution in [1.82, 2.24) is 10.2 Å². The molecule has 0 saturated carbocycles. The number of aryl methyl sites for hydroxylation is 1. The lowest BCUT2D eigenvalue weighted by molar-refractivity contribution is 1.00. The van der Waals surface area contributed by atoms with Crippen molar-refractivity contribution in [2.45, 2.75) is 13.3 Å². The molecule has 2 rings (SSSR count). The van der Waals surface area contributed by atoms with E-state index in [0.717, 1.165) is 22.0 Å². The SMILES string of the molecule is Cc1cc(Cl)ccc1Cc1nnc(N)s1. The first-order valence-electron chi connectivity index (χ1n) is 4.48. The Kier molecular flexibility index (Phi) is 2.88. The highest BCUT2D eigenvalue weighted by atomic mass is 35.5. The molecule has 0 aliphatic rings. The molecule has 2 N–H and O–H groups in total. The van der Waals surface area contributed by atoms with Gasteiger partial charge in [-0.1, -0.05) is 29.0 Å². The molecule has 1 aromatic heterocycles. The summed E-state index contributed by atoms with van der Waals surface area (Å²) >= 11 is 7.30.